The van der Waals surface area contributed by atoms with Crippen LogP contribution < -0.4 is 5.32 Å². The van der Waals surface area contributed by atoms with Crippen molar-refractivity contribution in [1.82, 2.24) is 5.32 Å². The van der Waals surface area contributed by atoms with Crippen LogP contribution in [0, 0.1) is 0 Å². The van der Waals surface area contributed by atoms with Gasteiger partial charge in [-0.1, -0.05) is 104 Å². The minimum atomic E-state index is -2.55. The van der Waals surface area contributed by atoms with Crippen LogP contribution in [0.5, 0.6) is 0 Å². The van der Waals surface area contributed by atoms with Crippen LogP contribution in [0.25, 0.3) is 10.4 Å². The Hall–Kier alpha value is -3.83. The first-order valence-electron chi connectivity index (χ1n) is 19.7. The Morgan fingerprint density at radius 2 is 1.39 bits per heavy atom. The van der Waals surface area contributed by atoms with E-state index < -0.39 is 108 Å². The van der Waals surface area contributed by atoms with Crippen LogP contribution in [0.1, 0.15) is 43.1 Å². The van der Waals surface area contributed by atoms with Crippen LogP contribution in [0.3, 0.4) is 0 Å². The largest absolute Gasteiger partial charge is 0.463 e. The molecular formula is C40H48BrCl3N4O16. The van der Waals surface area contributed by atoms with Gasteiger partial charge in [0.25, 0.3) is 9.70 Å². The van der Waals surface area contributed by atoms with Crippen molar-refractivity contribution in [3.05, 3.63) is 82.2 Å². The van der Waals surface area contributed by atoms with Crippen molar-refractivity contribution in [3.8, 4) is 0 Å². The van der Waals surface area contributed by atoms with Gasteiger partial charge in [0.15, 0.2) is 30.9 Å². The summed E-state index contributed by atoms with van der Waals surface area (Å²) in [4.78, 5) is 67.4. The number of nitrogens with zero attached hydrogens (tertiary/aromatic N) is 3. The maximum Gasteiger partial charge on any atom is 0.338 e. The second kappa shape index (κ2) is 27.0. The van der Waals surface area contributed by atoms with Crippen molar-refractivity contribution in [2.75, 3.05) is 45.1 Å². The molecule has 0 saturated carbocycles. The monoisotopic (exact) mass is 1020 g/mol. The van der Waals surface area contributed by atoms with Gasteiger partial charge in [0.1, 0.15) is 43.9 Å². The third-order valence-electron chi connectivity index (χ3n) is 9.12. The molecule has 1 N–H and O–H groups in total. The molecule has 2 saturated heterocycles. The number of alkyl halides is 4. The fraction of sp³-hybridized carbons (Fsp3) is 0.575. The van der Waals surface area contributed by atoms with Crippen molar-refractivity contribution in [2.45, 2.75) is 98.9 Å². The Balaban J connectivity index is 1.80. The molecule has 4 rings (SSSR count). The van der Waals surface area contributed by atoms with Gasteiger partial charge in [-0.25, -0.2) is 4.79 Å². The second-order valence-corrected chi connectivity index (χ2v) is 16.8. The maximum atomic E-state index is 13.8. The predicted molar refractivity (Wildman–Crippen MR) is 228 cm³/mol. The number of carbonyl (C=O) groups is 5. The van der Waals surface area contributed by atoms with Crippen molar-refractivity contribution < 1.29 is 76.1 Å². The zero-order valence-corrected chi connectivity index (χ0v) is 38.7. The molecule has 20 nitrogen and oxygen atoms in total. The van der Waals surface area contributed by atoms with E-state index in [9.17, 15) is 24.0 Å². The van der Waals surface area contributed by atoms with Gasteiger partial charge in [-0.15, -0.1) is 0 Å². The number of rotatable bonds is 23. The molecule has 0 spiro atoms. The zero-order chi connectivity index (χ0) is 46.6. The lowest BCUT2D eigenvalue weighted by molar-refractivity contribution is -0.351. The van der Waals surface area contributed by atoms with Crippen molar-refractivity contribution >= 4 is 80.5 Å². The lowest BCUT2D eigenvalue weighted by atomic mass is 9.95. The van der Waals surface area contributed by atoms with Crippen LogP contribution in [-0.2, 0) is 77.9 Å². The van der Waals surface area contributed by atoms with Gasteiger partial charge in [0, 0.05) is 44.2 Å². The molecule has 2 aliphatic heterocycles. The Morgan fingerprint density at radius 3 is 2.02 bits per heavy atom. The van der Waals surface area contributed by atoms with Crippen LogP contribution in [0.2, 0.25) is 0 Å². The summed E-state index contributed by atoms with van der Waals surface area (Å²) in [5.41, 5.74) is 9.24. The zero-order valence-electron chi connectivity index (χ0n) is 34.8. The second-order valence-electron chi connectivity index (χ2n) is 13.9. The van der Waals surface area contributed by atoms with Gasteiger partial charge in [-0.05, 0) is 29.6 Å². The van der Waals surface area contributed by atoms with E-state index in [-0.39, 0.29) is 43.9 Å². The summed E-state index contributed by atoms with van der Waals surface area (Å²) in [5.74, 6) is -4.33. The Morgan fingerprint density at radius 1 is 0.766 bits per heavy atom. The standard InChI is InChI=1S/C40H48BrCl3N4O16/c1-23(49)56-21-29-32(59-24(2)50)34(60-25(3)51)35(57-20-26-11-6-4-7-12-26)38(62-29)64-33-30(47-39(53)40(42,43)44)37(58-22-55-17-10-16-54-18-15-46-48-45)61-28(19-41)31(33)63-36(52)27-13-8-5-9-14-27/h4-9,11-14,28-35,37-38H,10,15-22H2,1-3H3,(H,47,53)/t28-,29-,30-,31-,32+,33-,34+,35-,37-,38-/m1/s1. The van der Waals surface area contributed by atoms with Crippen molar-refractivity contribution in [3.63, 3.8) is 0 Å². The van der Waals surface area contributed by atoms with Crippen LogP contribution in [0.4, 0.5) is 0 Å². The molecule has 0 bridgehead atoms. The number of hydrogen-bond acceptors (Lipinski definition) is 17. The lowest BCUT2D eigenvalue weighted by Gasteiger charge is -2.49. The van der Waals surface area contributed by atoms with Gasteiger partial charge in [0.05, 0.1) is 25.4 Å². The number of azide groups is 1. The van der Waals surface area contributed by atoms with Gasteiger partial charge >= 0.3 is 23.9 Å². The third-order valence-corrected chi connectivity index (χ3v) is 10.3. The summed E-state index contributed by atoms with van der Waals surface area (Å²) < 4.78 is 63.2. The van der Waals surface area contributed by atoms with E-state index >= 15 is 0 Å². The van der Waals surface area contributed by atoms with E-state index in [4.69, 9.17) is 92.4 Å². The number of benzene rings is 2. The summed E-state index contributed by atoms with van der Waals surface area (Å²) in [7, 11) is 0. The number of carbonyl (C=O) groups excluding carboxylic acids is 5. The number of esters is 4. The molecule has 2 aromatic rings. The summed E-state index contributed by atoms with van der Waals surface area (Å²) >= 11 is 21.6. The van der Waals surface area contributed by atoms with Gasteiger partial charge in [-0.2, -0.15) is 0 Å². The summed E-state index contributed by atoms with van der Waals surface area (Å²) in [6.45, 7) is 3.09. The van der Waals surface area contributed by atoms with E-state index in [1.165, 1.54) is 12.1 Å². The van der Waals surface area contributed by atoms with E-state index in [0.717, 1.165) is 20.8 Å². The number of halogens is 4. The first-order valence-corrected chi connectivity index (χ1v) is 22.0. The normalized spacial score (nSPS) is 25.5. The third kappa shape index (κ3) is 16.9. The molecule has 2 aliphatic rings. The maximum absolute atomic E-state index is 13.8. The average Bonchev–Trinajstić information content (AvgIpc) is 3.25. The molecule has 0 aromatic heterocycles. The number of nitrogens with one attached hydrogen (secondary N) is 1. The molecular weight excluding hydrogens is 979 g/mol. The molecule has 352 valence electrons. The quantitative estimate of drug-likeness (QED) is 0.0224. The highest BCUT2D eigenvalue weighted by atomic mass is 79.9. The minimum absolute atomic E-state index is 0.0161. The number of hydrogen-bond donors (Lipinski definition) is 1. The van der Waals surface area contributed by atoms with E-state index in [1.54, 1.807) is 48.5 Å². The molecule has 10 atom stereocenters. The molecule has 64 heavy (non-hydrogen) atoms. The number of ether oxygens (including phenoxy) is 11. The van der Waals surface area contributed by atoms with Crippen LogP contribution in [0.15, 0.2) is 65.8 Å². The highest BCUT2D eigenvalue weighted by Crippen LogP contribution is 2.36. The molecule has 24 heteroatoms. The van der Waals surface area contributed by atoms with Crippen molar-refractivity contribution in [2.24, 2.45) is 5.11 Å². The Bertz CT molecular complexity index is 1870. The molecule has 1 amide bonds. The molecule has 0 aliphatic carbocycles. The average molecular weight is 1030 g/mol. The van der Waals surface area contributed by atoms with Gasteiger partial charge in [-0.3, -0.25) is 19.2 Å². The minimum Gasteiger partial charge on any atom is -0.463 e. The number of amides is 1. The lowest BCUT2D eigenvalue weighted by Crippen LogP contribution is -2.69. The molecule has 2 aromatic carbocycles. The highest BCUT2D eigenvalue weighted by molar-refractivity contribution is 9.09. The molecule has 0 radical (unpaired) electrons. The molecule has 0 unspecified atom stereocenters. The predicted octanol–water partition coefficient (Wildman–Crippen LogP) is 5.02. The molecule has 2 fully saturated rings. The Kier molecular flexibility index (Phi) is 22.2. The SMILES string of the molecule is CC(=O)OC[C@H]1O[C@H](O[C@@H]2[C@@H](NC(=O)C(Cl)(Cl)Cl)[C@H](OCOCCCOCCN=[N+]=[N-])O[C@H](CBr)[C@H]2OC(=O)c2ccccc2)[C@H](OCc2ccccc2)[C@@H](OC(C)=O)[C@H]1OC(C)=O. The van der Waals surface area contributed by atoms with Crippen LogP contribution >= 0.6 is 50.7 Å². The highest BCUT2D eigenvalue weighted by Gasteiger charge is 2.57. The van der Waals surface area contributed by atoms with Crippen molar-refractivity contribution in [1.29, 1.82) is 0 Å². The van der Waals surface area contributed by atoms with Crippen LogP contribution in [-0.4, -0.2) is 140 Å². The van der Waals surface area contributed by atoms with E-state index in [2.05, 4.69) is 31.3 Å². The summed E-state index contributed by atoms with van der Waals surface area (Å²) in [5, 5.41) is 5.96. The van der Waals surface area contributed by atoms with E-state index in [0.29, 0.717) is 12.0 Å². The molecule has 2 heterocycles. The smallest absolute Gasteiger partial charge is 0.338 e. The van der Waals surface area contributed by atoms with Gasteiger partial charge < -0.3 is 57.4 Å². The van der Waals surface area contributed by atoms with E-state index in [1.807, 2.05) is 0 Å². The summed E-state index contributed by atoms with van der Waals surface area (Å²) in [6, 6.07) is 15.3. The Labute approximate surface area is 391 Å². The summed E-state index contributed by atoms with van der Waals surface area (Å²) in [6.07, 6.45) is -12.6. The fourth-order valence-corrected chi connectivity index (χ4v) is 7.08. The first kappa shape index (κ1) is 52.8. The topological polar surface area (TPSA) is 248 Å². The first-order chi connectivity index (χ1) is 30.6. The van der Waals surface area contributed by atoms with Gasteiger partial charge in [0.2, 0.25) is 0 Å². The fourth-order valence-electron chi connectivity index (χ4n) is 6.39.